The van der Waals surface area contributed by atoms with Gasteiger partial charge in [-0.15, -0.1) is 11.3 Å². The van der Waals surface area contributed by atoms with Gasteiger partial charge in [-0.2, -0.15) is 0 Å². The monoisotopic (exact) mass is 502 g/mol. The quantitative estimate of drug-likeness (QED) is 0.214. The van der Waals surface area contributed by atoms with Crippen molar-refractivity contribution >= 4 is 56.2 Å². The first kappa shape index (κ1) is 23.1. The van der Waals surface area contributed by atoms with Crippen molar-refractivity contribution in [2.24, 2.45) is 0 Å². The fourth-order valence-electron chi connectivity index (χ4n) is 3.89. The fraction of sp³-hybridized carbons (Fsp3) is 0.120. The Kier molecular flexibility index (Phi) is 6.13. The highest BCUT2D eigenvalue weighted by Crippen LogP contribution is 2.28. The Morgan fingerprint density at radius 3 is 2.83 bits per heavy atom. The second-order valence-corrected chi connectivity index (χ2v) is 9.07. The minimum atomic E-state index is -0.668. The van der Waals surface area contributed by atoms with E-state index in [2.05, 4.69) is 20.9 Å². The number of nitrogens with one attached hydrogen (secondary N) is 5. The van der Waals surface area contributed by atoms with Gasteiger partial charge in [-0.3, -0.25) is 19.8 Å². The minimum absolute atomic E-state index is 0.0245. The lowest BCUT2D eigenvalue weighted by atomic mass is 10.1. The highest BCUT2D eigenvalue weighted by Gasteiger charge is 2.22. The molecule has 0 atom stereocenters. The van der Waals surface area contributed by atoms with Crippen LogP contribution in [0.15, 0.2) is 54.0 Å². The van der Waals surface area contributed by atoms with Crippen molar-refractivity contribution < 1.29 is 19.1 Å². The van der Waals surface area contributed by atoms with Gasteiger partial charge in [0.1, 0.15) is 11.5 Å². The average molecular weight is 503 g/mol. The first-order chi connectivity index (χ1) is 17.4. The van der Waals surface area contributed by atoms with Gasteiger partial charge in [-0.25, -0.2) is 0 Å². The number of hydrogen-bond donors (Lipinski definition) is 6. The number of amides is 3. The molecule has 4 aromatic rings. The van der Waals surface area contributed by atoms with E-state index in [9.17, 15) is 14.4 Å². The first-order valence-corrected chi connectivity index (χ1v) is 11.9. The maximum absolute atomic E-state index is 12.7. The first-order valence-electron chi connectivity index (χ1n) is 11.0. The van der Waals surface area contributed by atoms with E-state index in [-0.39, 0.29) is 36.0 Å². The van der Waals surface area contributed by atoms with Crippen molar-refractivity contribution in [3.05, 3.63) is 76.4 Å². The number of rotatable bonds is 7. The van der Waals surface area contributed by atoms with Gasteiger partial charge in [0.2, 0.25) is 0 Å². The standard InChI is InChI=1S/C25H22N6O4S/c26-21-16(24(33)30-9-14-12-36-19-4-2-1-3-15(14)19)10-28-23(21)22(27)25(34)29-8-13-5-6-18-17(7-13)31-20(32)11-35-18/h1-7,10,12,27-28H,8-9,11,26H2,(H,29,34)(H,30,33)(H,31,32). The number of aromatic amines is 1. The van der Waals surface area contributed by atoms with Crippen LogP contribution in [0.3, 0.4) is 0 Å². The van der Waals surface area contributed by atoms with Gasteiger partial charge >= 0.3 is 0 Å². The maximum atomic E-state index is 12.7. The molecule has 0 radical (unpaired) electrons. The summed E-state index contributed by atoms with van der Waals surface area (Å²) in [5, 5.41) is 19.5. The van der Waals surface area contributed by atoms with Gasteiger partial charge in [-0.1, -0.05) is 24.3 Å². The van der Waals surface area contributed by atoms with E-state index in [4.69, 9.17) is 15.9 Å². The molecule has 2 aromatic carbocycles. The second-order valence-electron chi connectivity index (χ2n) is 8.16. The van der Waals surface area contributed by atoms with Crippen molar-refractivity contribution in [2.45, 2.75) is 13.1 Å². The Labute approximate surface area is 209 Å². The van der Waals surface area contributed by atoms with Crippen LogP contribution in [0.5, 0.6) is 5.75 Å². The van der Waals surface area contributed by atoms with Crippen molar-refractivity contribution in [1.82, 2.24) is 15.6 Å². The van der Waals surface area contributed by atoms with E-state index in [1.165, 1.54) is 6.20 Å². The molecule has 1 aliphatic heterocycles. The Morgan fingerprint density at radius 1 is 1.14 bits per heavy atom. The van der Waals surface area contributed by atoms with Crippen LogP contribution in [0.4, 0.5) is 11.4 Å². The molecule has 0 bridgehead atoms. The Morgan fingerprint density at radius 2 is 1.97 bits per heavy atom. The molecule has 11 heteroatoms. The normalized spacial score (nSPS) is 12.4. The van der Waals surface area contributed by atoms with Crippen molar-refractivity contribution in [3.63, 3.8) is 0 Å². The molecular weight excluding hydrogens is 480 g/mol. The molecule has 5 rings (SSSR count). The van der Waals surface area contributed by atoms with Crippen molar-refractivity contribution in [2.75, 3.05) is 17.7 Å². The zero-order chi connectivity index (χ0) is 25.2. The van der Waals surface area contributed by atoms with Gasteiger partial charge < -0.3 is 31.4 Å². The molecule has 0 saturated heterocycles. The lowest BCUT2D eigenvalue weighted by Crippen LogP contribution is -2.31. The lowest BCUT2D eigenvalue weighted by Gasteiger charge is -2.18. The smallest absolute Gasteiger partial charge is 0.271 e. The van der Waals surface area contributed by atoms with Crippen molar-refractivity contribution in [3.8, 4) is 5.75 Å². The SMILES string of the molecule is N=C(C(=O)NCc1ccc2c(c1)NC(=O)CO2)c1[nH]cc(C(=O)NCc2csc3ccccc23)c1N. The van der Waals surface area contributed by atoms with Crippen LogP contribution in [0.1, 0.15) is 27.2 Å². The predicted octanol–water partition coefficient (Wildman–Crippen LogP) is 2.76. The number of thiophene rings is 1. The Balaban J connectivity index is 1.21. The van der Waals surface area contributed by atoms with Crippen LogP contribution < -0.4 is 26.4 Å². The Hall–Kier alpha value is -4.64. The summed E-state index contributed by atoms with van der Waals surface area (Å²) >= 11 is 1.61. The average Bonchev–Trinajstić information content (AvgIpc) is 3.48. The molecule has 0 unspecified atom stereocenters. The number of aromatic nitrogens is 1. The molecule has 2 aromatic heterocycles. The molecule has 1 aliphatic rings. The molecule has 0 spiro atoms. The van der Waals surface area contributed by atoms with Gasteiger partial charge in [0.15, 0.2) is 6.61 Å². The molecular formula is C25H22N6O4S. The third kappa shape index (κ3) is 4.51. The molecule has 0 aliphatic carbocycles. The molecule has 0 fully saturated rings. The summed E-state index contributed by atoms with van der Waals surface area (Å²) in [6.45, 7) is 0.405. The third-order valence-corrected chi connectivity index (χ3v) is 6.78. The van der Waals surface area contributed by atoms with Crippen LogP contribution in [-0.2, 0) is 22.7 Å². The molecule has 3 amide bonds. The Bertz CT molecular complexity index is 1520. The van der Waals surface area contributed by atoms with E-state index in [0.717, 1.165) is 15.6 Å². The topological polar surface area (TPSA) is 162 Å². The number of H-pyrrole nitrogens is 1. The highest BCUT2D eigenvalue weighted by atomic mass is 32.1. The summed E-state index contributed by atoms with van der Waals surface area (Å²) in [7, 11) is 0. The molecule has 182 valence electrons. The zero-order valence-electron chi connectivity index (χ0n) is 18.9. The lowest BCUT2D eigenvalue weighted by molar-refractivity contribution is -0.118. The summed E-state index contributed by atoms with van der Waals surface area (Å²) in [6, 6.07) is 13.1. The molecule has 3 heterocycles. The fourth-order valence-corrected chi connectivity index (χ4v) is 4.86. The van der Waals surface area contributed by atoms with Crippen LogP contribution in [0, 0.1) is 5.41 Å². The van der Waals surface area contributed by atoms with Crippen LogP contribution in [0.2, 0.25) is 0 Å². The van der Waals surface area contributed by atoms with Crippen LogP contribution >= 0.6 is 11.3 Å². The van der Waals surface area contributed by atoms with E-state index >= 15 is 0 Å². The molecule has 0 saturated carbocycles. The highest BCUT2D eigenvalue weighted by molar-refractivity contribution is 7.17. The van der Waals surface area contributed by atoms with Gasteiger partial charge in [-0.05, 0) is 40.1 Å². The summed E-state index contributed by atoms with van der Waals surface area (Å²) in [4.78, 5) is 39.6. The van der Waals surface area contributed by atoms with E-state index < -0.39 is 17.5 Å². The van der Waals surface area contributed by atoms with E-state index in [1.807, 2.05) is 29.6 Å². The minimum Gasteiger partial charge on any atom is -0.482 e. The largest absolute Gasteiger partial charge is 0.482 e. The number of carbonyl (C=O) groups is 3. The third-order valence-electron chi connectivity index (χ3n) is 5.77. The number of ether oxygens (including phenoxy) is 1. The number of hydrogen-bond acceptors (Lipinski definition) is 7. The van der Waals surface area contributed by atoms with Gasteiger partial charge in [0, 0.05) is 24.0 Å². The zero-order valence-corrected chi connectivity index (χ0v) is 19.8. The summed E-state index contributed by atoms with van der Waals surface area (Å²) in [6.07, 6.45) is 1.39. The van der Waals surface area contributed by atoms with Crippen molar-refractivity contribution in [1.29, 1.82) is 5.41 Å². The van der Waals surface area contributed by atoms with Gasteiger partial charge in [0.05, 0.1) is 22.6 Å². The number of nitrogens with two attached hydrogens (primary N) is 1. The summed E-state index contributed by atoms with van der Waals surface area (Å²) < 4.78 is 6.46. The van der Waals surface area contributed by atoms with Crippen LogP contribution in [0.25, 0.3) is 10.1 Å². The second kappa shape index (κ2) is 9.55. The molecule has 7 N–H and O–H groups in total. The van der Waals surface area contributed by atoms with E-state index in [0.29, 0.717) is 23.5 Å². The van der Waals surface area contributed by atoms with Gasteiger partial charge in [0.25, 0.3) is 17.7 Å². The molecule has 10 nitrogen and oxygen atoms in total. The van der Waals surface area contributed by atoms with Crippen LogP contribution in [-0.4, -0.2) is 35.0 Å². The number of anilines is 2. The predicted molar refractivity (Wildman–Crippen MR) is 137 cm³/mol. The van der Waals surface area contributed by atoms with E-state index in [1.54, 1.807) is 29.5 Å². The maximum Gasteiger partial charge on any atom is 0.271 e. The number of benzene rings is 2. The summed E-state index contributed by atoms with van der Waals surface area (Å²) in [5.41, 5.74) is 8.19. The molecule has 36 heavy (non-hydrogen) atoms. The number of nitrogen functional groups attached to an aromatic ring is 1. The number of fused-ring (bicyclic) bond motifs is 2. The number of carbonyl (C=O) groups excluding carboxylic acids is 3. The summed E-state index contributed by atoms with van der Waals surface area (Å²) in [5.74, 6) is -0.777.